The number of nitrogens with two attached hydrogens (primary N) is 1. The van der Waals surface area contributed by atoms with Gasteiger partial charge in [-0.3, -0.25) is 0 Å². The number of hydrogen-bond acceptors (Lipinski definition) is 3. The third-order valence-corrected chi connectivity index (χ3v) is 2.99. The first-order chi connectivity index (χ1) is 8.04. The second-order valence-corrected chi connectivity index (χ2v) is 4.92. The van der Waals surface area contributed by atoms with Crippen LogP contribution in [0.5, 0.6) is 5.75 Å². The number of benzene rings is 1. The molecule has 0 heterocycles. The minimum Gasteiger partial charge on any atom is -0.487 e. The Bertz CT molecular complexity index is 355. The molecule has 0 aromatic heterocycles. The van der Waals surface area contributed by atoms with Crippen molar-refractivity contribution in [3.8, 4) is 5.75 Å². The maximum absolute atomic E-state index is 5.82. The van der Waals surface area contributed by atoms with E-state index < -0.39 is 0 Å². The molecule has 0 saturated heterocycles. The van der Waals surface area contributed by atoms with Gasteiger partial charge in [-0.1, -0.05) is 6.07 Å². The summed E-state index contributed by atoms with van der Waals surface area (Å²) in [6, 6.07) is 5.94. The summed E-state index contributed by atoms with van der Waals surface area (Å²) in [5, 5.41) is 0. The molecule has 0 radical (unpaired) electrons. The van der Waals surface area contributed by atoms with Crippen molar-refractivity contribution < 1.29 is 9.47 Å². The molecule has 0 saturated carbocycles. The Hall–Kier alpha value is -0.580. The third-order valence-electron chi connectivity index (χ3n) is 2.37. The highest BCUT2D eigenvalue weighted by molar-refractivity contribution is 9.10. The lowest BCUT2D eigenvalue weighted by atomic mass is 10.1. The zero-order valence-corrected chi connectivity index (χ0v) is 12.2. The van der Waals surface area contributed by atoms with Gasteiger partial charge in [0.2, 0.25) is 0 Å². The van der Waals surface area contributed by atoms with Crippen LogP contribution in [0, 0.1) is 0 Å². The molecule has 2 N–H and O–H groups in total. The van der Waals surface area contributed by atoms with E-state index in [2.05, 4.69) is 15.9 Å². The van der Waals surface area contributed by atoms with Crippen LogP contribution in [-0.2, 0) is 4.74 Å². The van der Waals surface area contributed by atoms with Gasteiger partial charge in [-0.15, -0.1) is 0 Å². The van der Waals surface area contributed by atoms with E-state index >= 15 is 0 Å². The smallest absolute Gasteiger partial charge is 0.134 e. The maximum atomic E-state index is 5.82. The Balaban J connectivity index is 2.65. The van der Waals surface area contributed by atoms with Gasteiger partial charge in [0.05, 0.1) is 11.1 Å². The van der Waals surface area contributed by atoms with Crippen molar-refractivity contribution >= 4 is 15.9 Å². The second-order valence-electron chi connectivity index (χ2n) is 4.07. The molecule has 0 fully saturated rings. The molecular formula is C13H20BrNO2. The zero-order valence-electron chi connectivity index (χ0n) is 10.6. The number of rotatable bonds is 6. The highest BCUT2D eigenvalue weighted by atomic mass is 79.9. The van der Waals surface area contributed by atoms with Crippen LogP contribution in [0.2, 0.25) is 0 Å². The van der Waals surface area contributed by atoms with Crippen molar-refractivity contribution in [1.82, 2.24) is 0 Å². The normalized spacial score (nSPS) is 14.4. The van der Waals surface area contributed by atoms with E-state index in [-0.39, 0.29) is 12.1 Å². The summed E-state index contributed by atoms with van der Waals surface area (Å²) in [5.41, 5.74) is 6.90. The van der Waals surface area contributed by atoms with Crippen molar-refractivity contribution in [3.05, 3.63) is 28.2 Å². The van der Waals surface area contributed by atoms with Crippen LogP contribution in [0.1, 0.15) is 32.4 Å². The highest BCUT2D eigenvalue weighted by Gasteiger charge is 2.09. The summed E-state index contributed by atoms with van der Waals surface area (Å²) in [7, 11) is 0. The van der Waals surface area contributed by atoms with E-state index in [4.69, 9.17) is 15.2 Å². The van der Waals surface area contributed by atoms with Gasteiger partial charge in [0.15, 0.2) is 0 Å². The lowest BCUT2D eigenvalue weighted by Gasteiger charge is -2.16. The molecule has 96 valence electrons. The van der Waals surface area contributed by atoms with E-state index in [0.29, 0.717) is 13.2 Å². The fraction of sp³-hybridized carbons (Fsp3) is 0.538. The number of ether oxygens (including phenoxy) is 2. The Labute approximate surface area is 111 Å². The van der Waals surface area contributed by atoms with E-state index in [1.54, 1.807) is 0 Å². The molecule has 1 unspecified atom stereocenters. The molecule has 0 aliphatic heterocycles. The first-order valence-corrected chi connectivity index (χ1v) is 6.63. The summed E-state index contributed by atoms with van der Waals surface area (Å²) in [6.45, 7) is 7.22. The van der Waals surface area contributed by atoms with Crippen molar-refractivity contribution in [3.63, 3.8) is 0 Å². The van der Waals surface area contributed by atoms with Crippen molar-refractivity contribution in [2.45, 2.75) is 32.9 Å². The van der Waals surface area contributed by atoms with Crippen LogP contribution in [0.25, 0.3) is 0 Å². The topological polar surface area (TPSA) is 44.5 Å². The number of hydrogen-bond donors (Lipinski definition) is 1. The summed E-state index contributed by atoms with van der Waals surface area (Å²) >= 11 is 3.49. The molecule has 1 aromatic carbocycles. The molecule has 2 atom stereocenters. The van der Waals surface area contributed by atoms with Gasteiger partial charge in [0, 0.05) is 12.6 Å². The highest BCUT2D eigenvalue weighted by Crippen LogP contribution is 2.28. The molecule has 0 spiro atoms. The minimum atomic E-state index is 0.0289. The fourth-order valence-corrected chi connectivity index (χ4v) is 1.92. The molecule has 0 aliphatic rings. The van der Waals surface area contributed by atoms with E-state index in [1.165, 1.54) is 0 Å². The van der Waals surface area contributed by atoms with Gasteiger partial charge in [-0.25, -0.2) is 0 Å². The minimum absolute atomic E-state index is 0.0289. The van der Waals surface area contributed by atoms with Crippen LogP contribution in [0.3, 0.4) is 0 Å². The van der Waals surface area contributed by atoms with Crippen LogP contribution in [0.15, 0.2) is 22.7 Å². The molecule has 4 heteroatoms. The molecule has 17 heavy (non-hydrogen) atoms. The summed E-state index contributed by atoms with van der Waals surface area (Å²) in [5.74, 6) is 0.821. The van der Waals surface area contributed by atoms with Crippen LogP contribution < -0.4 is 10.5 Å². The first-order valence-electron chi connectivity index (χ1n) is 5.84. The standard InChI is InChI=1S/C13H20BrNO2/c1-4-16-8-9(2)17-13-6-5-11(10(3)15)7-12(13)14/h5-7,9-10H,4,8,15H2,1-3H3/t9?,10-/m1/s1. The molecule has 0 aliphatic carbocycles. The molecule has 1 aromatic rings. The Morgan fingerprint density at radius 3 is 2.59 bits per heavy atom. The van der Waals surface area contributed by atoms with Crippen LogP contribution in [-0.4, -0.2) is 19.3 Å². The lowest BCUT2D eigenvalue weighted by Crippen LogP contribution is -2.19. The zero-order chi connectivity index (χ0) is 12.8. The summed E-state index contributed by atoms with van der Waals surface area (Å²) in [6.07, 6.45) is 0.0346. The van der Waals surface area contributed by atoms with Gasteiger partial charge < -0.3 is 15.2 Å². The molecule has 3 nitrogen and oxygen atoms in total. The SMILES string of the molecule is CCOCC(C)Oc1ccc([C@@H](C)N)cc1Br. The van der Waals surface area contributed by atoms with Crippen molar-refractivity contribution in [2.24, 2.45) is 5.73 Å². The Morgan fingerprint density at radius 2 is 2.06 bits per heavy atom. The molecule has 1 rings (SSSR count). The van der Waals surface area contributed by atoms with E-state index in [1.807, 2.05) is 39.0 Å². The molecule has 0 bridgehead atoms. The quantitative estimate of drug-likeness (QED) is 0.877. The van der Waals surface area contributed by atoms with E-state index in [9.17, 15) is 0 Å². The van der Waals surface area contributed by atoms with Crippen LogP contribution >= 0.6 is 15.9 Å². The lowest BCUT2D eigenvalue weighted by molar-refractivity contribution is 0.0653. The molecule has 0 amide bonds. The van der Waals surface area contributed by atoms with Gasteiger partial charge in [0.1, 0.15) is 11.9 Å². The largest absolute Gasteiger partial charge is 0.487 e. The van der Waals surface area contributed by atoms with Gasteiger partial charge in [-0.05, 0) is 54.4 Å². The van der Waals surface area contributed by atoms with Gasteiger partial charge >= 0.3 is 0 Å². The average molecular weight is 302 g/mol. The Morgan fingerprint density at radius 1 is 1.35 bits per heavy atom. The predicted octanol–water partition coefficient (Wildman–Crippen LogP) is 3.27. The summed E-state index contributed by atoms with van der Waals surface area (Å²) < 4.78 is 12.0. The average Bonchev–Trinajstić information content (AvgIpc) is 2.28. The predicted molar refractivity (Wildman–Crippen MR) is 73.3 cm³/mol. The van der Waals surface area contributed by atoms with Gasteiger partial charge in [-0.2, -0.15) is 0 Å². The summed E-state index contributed by atoms with van der Waals surface area (Å²) in [4.78, 5) is 0. The van der Waals surface area contributed by atoms with Gasteiger partial charge in [0.25, 0.3) is 0 Å². The maximum Gasteiger partial charge on any atom is 0.134 e. The Kier molecular flexibility index (Phi) is 5.95. The van der Waals surface area contributed by atoms with Crippen LogP contribution in [0.4, 0.5) is 0 Å². The third kappa shape index (κ3) is 4.66. The van der Waals surface area contributed by atoms with Crippen molar-refractivity contribution in [2.75, 3.05) is 13.2 Å². The van der Waals surface area contributed by atoms with E-state index in [0.717, 1.165) is 15.8 Å². The molecular weight excluding hydrogens is 282 g/mol. The van der Waals surface area contributed by atoms with Crippen molar-refractivity contribution in [1.29, 1.82) is 0 Å². The fourth-order valence-electron chi connectivity index (χ4n) is 1.43. The first kappa shape index (κ1) is 14.5. The second kappa shape index (κ2) is 6.99. The monoisotopic (exact) mass is 301 g/mol. The number of halogens is 1.